The molecule has 0 bridgehead atoms. The molecule has 0 spiro atoms. The number of aliphatic hydroxyl groups excluding tert-OH is 1. The number of β-amino-alcohol motifs (C(OH)–C–C–N with tert-alkyl or cyclic N) is 1. The minimum Gasteiger partial charge on any atom is -0.392 e. The van der Waals surface area contributed by atoms with E-state index in [9.17, 15) is 5.11 Å². The molecular weight excluding hydrogens is 174 g/mol. The smallest absolute Gasteiger partial charge is 0.0639 e. The molecule has 1 aliphatic heterocycles. The van der Waals surface area contributed by atoms with Crippen LogP contribution in [0.4, 0.5) is 0 Å². The molecule has 1 N–H and O–H groups in total. The number of piperidine rings is 1. The number of hydrogen-bond donors (Lipinski definition) is 1. The maximum Gasteiger partial charge on any atom is 0.0639 e. The van der Waals surface area contributed by atoms with Gasteiger partial charge in [-0.2, -0.15) is 0 Å². The highest BCUT2D eigenvalue weighted by Gasteiger charge is 2.33. The molecule has 1 aliphatic carbocycles. The fourth-order valence-electron chi connectivity index (χ4n) is 3.29. The van der Waals surface area contributed by atoms with E-state index in [1.54, 1.807) is 0 Å². The van der Waals surface area contributed by atoms with Gasteiger partial charge < -0.3 is 5.11 Å². The van der Waals surface area contributed by atoms with Gasteiger partial charge in [0, 0.05) is 12.6 Å². The number of nitrogens with zero attached hydrogens (tertiary/aromatic N) is 1. The van der Waals surface area contributed by atoms with E-state index in [4.69, 9.17) is 0 Å². The van der Waals surface area contributed by atoms with Gasteiger partial charge in [0.05, 0.1) is 6.10 Å². The van der Waals surface area contributed by atoms with Crippen molar-refractivity contribution in [3.63, 3.8) is 0 Å². The Morgan fingerprint density at radius 3 is 2.71 bits per heavy atom. The standard InChI is InChI=1S/C12H23NO/c1-10(14)9-13-8-4-6-11-5-2-3-7-12(11)13/h10-12,14H,2-9H2,1H3. The fraction of sp³-hybridized carbons (Fsp3) is 1.00. The molecule has 2 nitrogen and oxygen atoms in total. The van der Waals surface area contributed by atoms with E-state index >= 15 is 0 Å². The zero-order valence-corrected chi connectivity index (χ0v) is 9.28. The third-order valence-electron chi connectivity index (χ3n) is 3.86. The minimum atomic E-state index is -0.157. The van der Waals surface area contributed by atoms with Crippen LogP contribution >= 0.6 is 0 Å². The summed E-state index contributed by atoms with van der Waals surface area (Å²) in [5.74, 6) is 0.941. The van der Waals surface area contributed by atoms with Gasteiger partial charge in [-0.1, -0.05) is 12.8 Å². The van der Waals surface area contributed by atoms with Crippen LogP contribution in [0.5, 0.6) is 0 Å². The number of hydrogen-bond acceptors (Lipinski definition) is 2. The highest BCUT2D eigenvalue weighted by Crippen LogP contribution is 2.35. The molecule has 14 heavy (non-hydrogen) atoms. The predicted molar refractivity (Wildman–Crippen MR) is 58.2 cm³/mol. The molecule has 2 rings (SSSR count). The van der Waals surface area contributed by atoms with Crippen molar-refractivity contribution in [1.82, 2.24) is 4.90 Å². The summed E-state index contributed by atoms with van der Waals surface area (Å²) in [5, 5.41) is 9.45. The summed E-state index contributed by atoms with van der Waals surface area (Å²) in [6, 6.07) is 0.798. The van der Waals surface area contributed by atoms with Gasteiger partial charge in [0.2, 0.25) is 0 Å². The summed E-state index contributed by atoms with van der Waals surface area (Å²) in [6.07, 6.45) is 8.25. The molecule has 0 aromatic carbocycles. The number of aliphatic hydroxyl groups is 1. The molecule has 82 valence electrons. The Morgan fingerprint density at radius 1 is 1.21 bits per heavy atom. The van der Waals surface area contributed by atoms with Crippen LogP contribution in [0, 0.1) is 5.92 Å². The lowest BCUT2D eigenvalue weighted by Gasteiger charge is -2.44. The molecular formula is C12H23NO. The van der Waals surface area contributed by atoms with Gasteiger partial charge in [-0.05, 0) is 45.1 Å². The Kier molecular flexibility index (Phi) is 3.45. The van der Waals surface area contributed by atoms with Crippen molar-refractivity contribution < 1.29 is 5.11 Å². The first-order chi connectivity index (χ1) is 6.77. The van der Waals surface area contributed by atoms with Crippen LogP contribution < -0.4 is 0 Å². The van der Waals surface area contributed by atoms with Crippen molar-refractivity contribution in [3.05, 3.63) is 0 Å². The normalized spacial score (nSPS) is 36.4. The van der Waals surface area contributed by atoms with E-state index in [-0.39, 0.29) is 6.10 Å². The number of fused-ring (bicyclic) bond motifs is 1. The van der Waals surface area contributed by atoms with Gasteiger partial charge in [-0.15, -0.1) is 0 Å². The molecule has 0 aromatic heterocycles. The van der Waals surface area contributed by atoms with Crippen LogP contribution in [0.1, 0.15) is 45.4 Å². The summed E-state index contributed by atoms with van der Waals surface area (Å²) in [6.45, 7) is 4.01. The molecule has 1 heterocycles. The van der Waals surface area contributed by atoms with E-state index in [1.807, 2.05) is 6.92 Å². The van der Waals surface area contributed by atoms with Crippen molar-refractivity contribution in [3.8, 4) is 0 Å². The van der Waals surface area contributed by atoms with Crippen molar-refractivity contribution in [1.29, 1.82) is 0 Å². The van der Waals surface area contributed by atoms with Gasteiger partial charge in [0.1, 0.15) is 0 Å². The van der Waals surface area contributed by atoms with Gasteiger partial charge in [0.15, 0.2) is 0 Å². The zero-order valence-electron chi connectivity index (χ0n) is 9.28. The van der Waals surface area contributed by atoms with Crippen LogP contribution in [-0.4, -0.2) is 35.2 Å². The van der Waals surface area contributed by atoms with Crippen LogP contribution in [-0.2, 0) is 0 Å². The van der Waals surface area contributed by atoms with Crippen LogP contribution in [0.25, 0.3) is 0 Å². The van der Waals surface area contributed by atoms with Crippen molar-refractivity contribution in [2.24, 2.45) is 5.92 Å². The second kappa shape index (κ2) is 4.63. The Bertz CT molecular complexity index is 179. The highest BCUT2D eigenvalue weighted by molar-refractivity contribution is 4.87. The molecule has 2 fully saturated rings. The molecule has 2 heteroatoms. The molecule has 0 radical (unpaired) electrons. The van der Waals surface area contributed by atoms with E-state index in [0.29, 0.717) is 0 Å². The summed E-state index contributed by atoms with van der Waals surface area (Å²) >= 11 is 0. The Labute approximate surface area is 87.3 Å². The maximum absolute atomic E-state index is 9.45. The van der Waals surface area contributed by atoms with E-state index in [1.165, 1.54) is 45.1 Å². The third kappa shape index (κ3) is 2.29. The van der Waals surface area contributed by atoms with Crippen LogP contribution in [0.2, 0.25) is 0 Å². The summed E-state index contributed by atoms with van der Waals surface area (Å²) < 4.78 is 0. The SMILES string of the molecule is CC(O)CN1CCCC2CCCCC21. The average molecular weight is 197 g/mol. The molecule has 1 saturated heterocycles. The highest BCUT2D eigenvalue weighted by atomic mass is 16.3. The zero-order chi connectivity index (χ0) is 9.97. The van der Waals surface area contributed by atoms with Gasteiger partial charge in [-0.3, -0.25) is 4.90 Å². The van der Waals surface area contributed by atoms with Gasteiger partial charge >= 0.3 is 0 Å². The first-order valence-electron chi connectivity index (χ1n) is 6.19. The van der Waals surface area contributed by atoms with Crippen molar-refractivity contribution in [2.45, 2.75) is 57.6 Å². The average Bonchev–Trinajstić information content (AvgIpc) is 2.18. The lowest BCUT2D eigenvalue weighted by molar-refractivity contribution is 0.0261. The first kappa shape index (κ1) is 10.4. The molecule has 1 saturated carbocycles. The van der Waals surface area contributed by atoms with E-state index in [0.717, 1.165) is 18.5 Å². The third-order valence-corrected chi connectivity index (χ3v) is 3.86. The molecule has 0 amide bonds. The maximum atomic E-state index is 9.45. The van der Waals surface area contributed by atoms with Crippen molar-refractivity contribution in [2.75, 3.05) is 13.1 Å². The summed E-state index contributed by atoms with van der Waals surface area (Å²) in [5.41, 5.74) is 0. The number of rotatable bonds is 2. The topological polar surface area (TPSA) is 23.5 Å². The molecule has 2 aliphatic rings. The van der Waals surface area contributed by atoms with Gasteiger partial charge in [0.25, 0.3) is 0 Å². The summed E-state index contributed by atoms with van der Waals surface area (Å²) in [7, 11) is 0. The predicted octanol–water partition coefficient (Wildman–Crippen LogP) is 2.02. The lowest BCUT2D eigenvalue weighted by atomic mass is 9.78. The first-order valence-corrected chi connectivity index (χ1v) is 6.19. The van der Waals surface area contributed by atoms with Crippen LogP contribution in [0.3, 0.4) is 0 Å². The summed E-state index contributed by atoms with van der Waals surface area (Å²) in [4.78, 5) is 2.54. The molecule has 3 atom stereocenters. The fourth-order valence-corrected chi connectivity index (χ4v) is 3.29. The Balaban J connectivity index is 1.94. The Morgan fingerprint density at radius 2 is 1.93 bits per heavy atom. The number of likely N-dealkylation sites (tertiary alicyclic amines) is 1. The van der Waals surface area contributed by atoms with E-state index in [2.05, 4.69) is 4.90 Å². The Hall–Kier alpha value is -0.0800. The quantitative estimate of drug-likeness (QED) is 0.732. The van der Waals surface area contributed by atoms with Gasteiger partial charge in [-0.25, -0.2) is 0 Å². The van der Waals surface area contributed by atoms with E-state index < -0.39 is 0 Å². The second-order valence-electron chi connectivity index (χ2n) is 5.10. The van der Waals surface area contributed by atoms with Crippen molar-refractivity contribution >= 4 is 0 Å². The lowest BCUT2D eigenvalue weighted by Crippen LogP contribution is -2.49. The minimum absolute atomic E-state index is 0.157. The second-order valence-corrected chi connectivity index (χ2v) is 5.10. The monoisotopic (exact) mass is 197 g/mol. The molecule has 0 aromatic rings. The molecule has 3 unspecified atom stereocenters. The van der Waals surface area contributed by atoms with Crippen LogP contribution in [0.15, 0.2) is 0 Å². The largest absolute Gasteiger partial charge is 0.392 e.